The summed E-state index contributed by atoms with van der Waals surface area (Å²) in [4.78, 5) is 23.2. The van der Waals surface area contributed by atoms with Crippen molar-refractivity contribution in [3.05, 3.63) is 64.5 Å². The van der Waals surface area contributed by atoms with E-state index >= 15 is 0 Å². The molecule has 0 saturated carbocycles. The van der Waals surface area contributed by atoms with Crippen molar-refractivity contribution in [2.45, 2.75) is 25.0 Å². The standard InChI is InChI=1S/C22H25N5OS/c28-22(19-14-18(24-25-19)20-7-3-13-29-20)27-11-9-26(10-12-27)15-17-5-1-4-16-6-2-8-23-21(16)17/h1-8,13,18-19,24-25H,9-12,14-15H2. The zero-order valence-corrected chi connectivity index (χ0v) is 17.1. The molecule has 2 atom stereocenters. The highest BCUT2D eigenvalue weighted by Crippen LogP contribution is 2.27. The summed E-state index contributed by atoms with van der Waals surface area (Å²) in [7, 11) is 0. The fraction of sp³-hybridized carbons (Fsp3) is 0.364. The molecule has 0 radical (unpaired) electrons. The van der Waals surface area contributed by atoms with Crippen molar-refractivity contribution in [1.29, 1.82) is 0 Å². The predicted molar refractivity (Wildman–Crippen MR) is 115 cm³/mol. The number of carbonyl (C=O) groups is 1. The molecule has 2 aliphatic heterocycles. The average molecular weight is 408 g/mol. The van der Waals surface area contributed by atoms with E-state index in [1.54, 1.807) is 11.3 Å². The largest absolute Gasteiger partial charge is 0.339 e. The Kier molecular flexibility index (Phi) is 5.28. The highest BCUT2D eigenvalue weighted by Gasteiger charge is 2.34. The summed E-state index contributed by atoms with van der Waals surface area (Å²) in [6.45, 7) is 4.21. The maximum absolute atomic E-state index is 13.0. The molecule has 2 N–H and O–H groups in total. The van der Waals surface area contributed by atoms with E-state index in [-0.39, 0.29) is 18.0 Å². The monoisotopic (exact) mass is 407 g/mol. The van der Waals surface area contributed by atoms with Gasteiger partial charge in [-0.2, -0.15) is 0 Å². The van der Waals surface area contributed by atoms with Crippen molar-refractivity contribution in [1.82, 2.24) is 25.6 Å². The second-order valence-electron chi connectivity index (χ2n) is 7.74. The third-order valence-corrected chi connectivity index (χ3v) is 6.87. The molecule has 0 bridgehead atoms. The molecule has 2 saturated heterocycles. The fourth-order valence-corrected chi connectivity index (χ4v) is 5.07. The molecule has 5 rings (SSSR count). The van der Waals surface area contributed by atoms with Gasteiger partial charge in [0.1, 0.15) is 6.04 Å². The molecule has 2 aliphatic rings. The molecule has 0 aliphatic carbocycles. The van der Waals surface area contributed by atoms with Crippen LogP contribution < -0.4 is 10.9 Å². The van der Waals surface area contributed by atoms with Crippen molar-refractivity contribution >= 4 is 28.1 Å². The van der Waals surface area contributed by atoms with Gasteiger partial charge >= 0.3 is 0 Å². The lowest BCUT2D eigenvalue weighted by molar-refractivity contribution is -0.135. The maximum atomic E-state index is 13.0. The van der Waals surface area contributed by atoms with Crippen LogP contribution in [-0.4, -0.2) is 52.9 Å². The number of rotatable bonds is 4. The number of nitrogens with one attached hydrogen (secondary N) is 2. The smallest absolute Gasteiger partial charge is 0.241 e. The molecular formula is C22H25N5OS. The van der Waals surface area contributed by atoms with Crippen molar-refractivity contribution in [3.63, 3.8) is 0 Å². The van der Waals surface area contributed by atoms with E-state index in [1.807, 2.05) is 17.2 Å². The fourth-order valence-electron chi connectivity index (χ4n) is 4.28. The molecule has 150 valence electrons. The molecule has 29 heavy (non-hydrogen) atoms. The lowest BCUT2D eigenvalue weighted by atomic mass is 10.1. The van der Waals surface area contributed by atoms with Crippen LogP contribution in [0.5, 0.6) is 0 Å². The third-order valence-electron chi connectivity index (χ3n) is 5.88. The number of hydrazine groups is 1. The van der Waals surface area contributed by atoms with Crippen LogP contribution in [0.3, 0.4) is 0 Å². The zero-order chi connectivity index (χ0) is 19.6. The summed E-state index contributed by atoms with van der Waals surface area (Å²) in [6.07, 6.45) is 2.66. The molecule has 4 heterocycles. The number of amides is 1. The second-order valence-corrected chi connectivity index (χ2v) is 8.72. The molecule has 6 nitrogen and oxygen atoms in total. The molecule has 1 aromatic carbocycles. The summed E-state index contributed by atoms with van der Waals surface area (Å²) in [5.41, 5.74) is 8.82. The first-order valence-electron chi connectivity index (χ1n) is 10.2. The van der Waals surface area contributed by atoms with Gasteiger partial charge in [-0.15, -0.1) is 11.3 Å². The van der Waals surface area contributed by atoms with Gasteiger partial charge in [-0.3, -0.25) is 14.7 Å². The Morgan fingerprint density at radius 3 is 2.76 bits per heavy atom. The number of pyridine rings is 1. The van der Waals surface area contributed by atoms with Gasteiger partial charge in [0, 0.05) is 49.2 Å². The van der Waals surface area contributed by atoms with Gasteiger partial charge in [-0.1, -0.05) is 30.3 Å². The van der Waals surface area contributed by atoms with Crippen molar-refractivity contribution < 1.29 is 4.79 Å². The van der Waals surface area contributed by atoms with Gasteiger partial charge in [0.2, 0.25) is 5.91 Å². The second kappa shape index (κ2) is 8.20. The topological polar surface area (TPSA) is 60.5 Å². The number of hydrogen-bond acceptors (Lipinski definition) is 6. The minimum absolute atomic E-state index is 0.143. The Hall–Kier alpha value is -2.32. The number of para-hydroxylation sites is 1. The number of piperazine rings is 1. The minimum atomic E-state index is -0.143. The minimum Gasteiger partial charge on any atom is -0.339 e. The molecule has 7 heteroatoms. The van der Waals surface area contributed by atoms with Crippen molar-refractivity contribution in [2.75, 3.05) is 26.2 Å². The molecule has 1 amide bonds. The SMILES string of the molecule is O=C(C1CC(c2cccs2)NN1)N1CCN(Cc2cccc3cccnc23)CC1. The molecular weight excluding hydrogens is 382 g/mol. The summed E-state index contributed by atoms with van der Waals surface area (Å²) < 4.78 is 0. The van der Waals surface area contributed by atoms with E-state index in [9.17, 15) is 4.79 Å². The average Bonchev–Trinajstić information content (AvgIpc) is 3.46. The normalized spacial score (nSPS) is 23.0. The van der Waals surface area contributed by atoms with Gasteiger partial charge in [0.15, 0.2) is 0 Å². The number of benzene rings is 1. The Bertz CT molecular complexity index is 979. The van der Waals surface area contributed by atoms with E-state index in [0.29, 0.717) is 0 Å². The van der Waals surface area contributed by atoms with E-state index < -0.39 is 0 Å². The van der Waals surface area contributed by atoms with Crippen LogP contribution in [0, 0.1) is 0 Å². The van der Waals surface area contributed by atoms with Crippen LogP contribution in [0.15, 0.2) is 54.0 Å². The number of nitrogens with zero attached hydrogens (tertiary/aromatic N) is 3. The predicted octanol–water partition coefficient (Wildman–Crippen LogP) is 2.55. The quantitative estimate of drug-likeness (QED) is 0.696. The van der Waals surface area contributed by atoms with Crippen LogP contribution in [0.25, 0.3) is 10.9 Å². The number of thiophene rings is 1. The molecule has 2 fully saturated rings. The number of carbonyl (C=O) groups excluding carboxylic acids is 1. The van der Waals surface area contributed by atoms with E-state index in [0.717, 1.165) is 44.7 Å². The molecule has 3 aromatic rings. The number of aromatic nitrogens is 1. The van der Waals surface area contributed by atoms with Crippen LogP contribution >= 0.6 is 11.3 Å². The Morgan fingerprint density at radius 1 is 1.07 bits per heavy atom. The van der Waals surface area contributed by atoms with Gasteiger partial charge < -0.3 is 4.90 Å². The lowest BCUT2D eigenvalue weighted by Gasteiger charge is -2.36. The van der Waals surface area contributed by atoms with E-state index in [1.165, 1.54) is 15.8 Å². The highest BCUT2D eigenvalue weighted by molar-refractivity contribution is 7.10. The first-order valence-corrected chi connectivity index (χ1v) is 11.0. The first kappa shape index (κ1) is 18.7. The maximum Gasteiger partial charge on any atom is 0.241 e. The molecule has 0 spiro atoms. The molecule has 2 aromatic heterocycles. The zero-order valence-electron chi connectivity index (χ0n) is 16.3. The van der Waals surface area contributed by atoms with Crippen LogP contribution in [0.4, 0.5) is 0 Å². The summed E-state index contributed by atoms with van der Waals surface area (Å²) in [5, 5.41) is 3.26. The van der Waals surface area contributed by atoms with Crippen LogP contribution in [0.1, 0.15) is 22.9 Å². The summed E-state index contributed by atoms with van der Waals surface area (Å²) in [6, 6.07) is 14.7. The highest BCUT2D eigenvalue weighted by atomic mass is 32.1. The van der Waals surface area contributed by atoms with Gasteiger partial charge in [0.05, 0.1) is 11.6 Å². The summed E-state index contributed by atoms with van der Waals surface area (Å²) in [5.74, 6) is 0.211. The first-order chi connectivity index (χ1) is 14.3. The Balaban J connectivity index is 1.17. The summed E-state index contributed by atoms with van der Waals surface area (Å²) >= 11 is 1.73. The van der Waals surface area contributed by atoms with Gasteiger partial charge in [0.25, 0.3) is 0 Å². The third kappa shape index (κ3) is 3.91. The number of hydrogen-bond donors (Lipinski definition) is 2. The Labute approximate surface area is 174 Å². The lowest BCUT2D eigenvalue weighted by Crippen LogP contribution is -2.53. The van der Waals surface area contributed by atoms with Crippen molar-refractivity contribution in [3.8, 4) is 0 Å². The van der Waals surface area contributed by atoms with Crippen molar-refractivity contribution in [2.24, 2.45) is 0 Å². The van der Waals surface area contributed by atoms with E-state index in [2.05, 4.69) is 62.5 Å². The molecule has 2 unspecified atom stereocenters. The van der Waals surface area contributed by atoms with Gasteiger partial charge in [-0.05, 0) is 29.5 Å². The number of fused-ring (bicyclic) bond motifs is 1. The van der Waals surface area contributed by atoms with Crippen LogP contribution in [0.2, 0.25) is 0 Å². The van der Waals surface area contributed by atoms with E-state index in [4.69, 9.17) is 0 Å². The Morgan fingerprint density at radius 2 is 1.93 bits per heavy atom. The van der Waals surface area contributed by atoms with Crippen LogP contribution in [-0.2, 0) is 11.3 Å². The van der Waals surface area contributed by atoms with Gasteiger partial charge in [-0.25, -0.2) is 10.9 Å².